The average Bonchev–Trinajstić information content (AvgIpc) is 2.90. The largest absolute Gasteiger partial charge is 0.504 e. The first-order valence-corrected chi connectivity index (χ1v) is 12.1. The van der Waals surface area contributed by atoms with Crippen molar-refractivity contribution in [1.82, 2.24) is 15.4 Å². The quantitative estimate of drug-likeness (QED) is 0.390. The minimum absolute atomic E-state index is 0.0240. The van der Waals surface area contributed by atoms with Crippen LogP contribution in [0.15, 0.2) is 54.6 Å². The SMILES string of the molecule is CC(=O)ONC(=O)c1nc(CC2CCC(c3ccc(C(=O)c4ccccc4)cc3)CC2)nc(C)c1O. The van der Waals surface area contributed by atoms with E-state index in [1.807, 2.05) is 47.9 Å². The van der Waals surface area contributed by atoms with Crippen molar-refractivity contribution in [3.05, 3.63) is 88.5 Å². The second-order valence-electron chi connectivity index (χ2n) is 9.19. The summed E-state index contributed by atoms with van der Waals surface area (Å²) in [5.74, 6) is -0.527. The molecule has 8 heteroatoms. The number of nitrogens with one attached hydrogen (secondary N) is 1. The number of hydrogen-bond donors (Lipinski definition) is 2. The molecule has 0 aliphatic heterocycles. The van der Waals surface area contributed by atoms with Gasteiger partial charge in [0, 0.05) is 24.5 Å². The lowest BCUT2D eigenvalue weighted by atomic mass is 9.77. The Labute approximate surface area is 209 Å². The Balaban J connectivity index is 1.36. The number of benzene rings is 2. The standard InChI is InChI=1S/C28H29N3O5/c1-17-26(33)25(28(35)31-36-18(2)32)30-24(29-17)16-19-8-10-20(11-9-19)21-12-14-23(15-13-21)27(34)22-6-4-3-5-7-22/h3-7,12-15,19-20,33H,8-11,16H2,1-2H3,(H,31,35). The van der Waals surface area contributed by atoms with E-state index in [1.165, 1.54) is 5.56 Å². The molecule has 4 rings (SSSR count). The number of aromatic nitrogens is 2. The van der Waals surface area contributed by atoms with Crippen LogP contribution in [0.5, 0.6) is 5.75 Å². The molecule has 0 radical (unpaired) electrons. The Bertz CT molecular complexity index is 1250. The van der Waals surface area contributed by atoms with Gasteiger partial charge in [-0.25, -0.2) is 9.97 Å². The second-order valence-corrected chi connectivity index (χ2v) is 9.19. The smallest absolute Gasteiger partial charge is 0.329 e. The van der Waals surface area contributed by atoms with Gasteiger partial charge in [0.25, 0.3) is 0 Å². The number of ketones is 1. The molecule has 0 atom stereocenters. The van der Waals surface area contributed by atoms with E-state index in [0.29, 0.717) is 40.9 Å². The van der Waals surface area contributed by atoms with Crippen LogP contribution in [0.4, 0.5) is 0 Å². The molecule has 1 aliphatic carbocycles. The molecule has 0 saturated heterocycles. The number of carbonyl (C=O) groups is 3. The maximum absolute atomic E-state index is 12.7. The number of rotatable bonds is 6. The highest BCUT2D eigenvalue weighted by molar-refractivity contribution is 6.08. The molecule has 1 amide bonds. The third-order valence-corrected chi connectivity index (χ3v) is 6.61. The number of nitrogens with zero attached hydrogens (tertiary/aromatic N) is 2. The van der Waals surface area contributed by atoms with Crippen LogP contribution >= 0.6 is 0 Å². The molecule has 0 bridgehead atoms. The van der Waals surface area contributed by atoms with Gasteiger partial charge in [-0.15, -0.1) is 0 Å². The molecule has 2 aromatic carbocycles. The maximum Gasteiger partial charge on any atom is 0.329 e. The monoisotopic (exact) mass is 487 g/mol. The van der Waals surface area contributed by atoms with Crippen molar-refractivity contribution in [2.45, 2.75) is 51.9 Å². The molecule has 186 valence electrons. The Kier molecular flexibility index (Phi) is 7.73. The Hall–Kier alpha value is -4.07. The molecule has 1 saturated carbocycles. The average molecular weight is 488 g/mol. The zero-order valence-electron chi connectivity index (χ0n) is 20.4. The van der Waals surface area contributed by atoms with Crippen LogP contribution in [0.3, 0.4) is 0 Å². The second kappa shape index (κ2) is 11.1. The Morgan fingerprint density at radius 3 is 2.22 bits per heavy atom. The predicted octanol–water partition coefficient (Wildman–Crippen LogP) is 4.45. The van der Waals surface area contributed by atoms with Crippen molar-refractivity contribution in [2.75, 3.05) is 0 Å². The van der Waals surface area contributed by atoms with E-state index >= 15 is 0 Å². The summed E-state index contributed by atoms with van der Waals surface area (Å²) in [7, 11) is 0. The van der Waals surface area contributed by atoms with E-state index in [9.17, 15) is 19.5 Å². The van der Waals surface area contributed by atoms with Crippen LogP contribution in [-0.4, -0.2) is 32.7 Å². The summed E-state index contributed by atoms with van der Waals surface area (Å²) in [6.45, 7) is 2.76. The topological polar surface area (TPSA) is 118 Å². The highest BCUT2D eigenvalue weighted by atomic mass is 16.7. The zero-order valence-corrected chi connectivity index (χ0v) is 20.4. The number of hydrogen-bond acceptors (Lipinski definition) is 7. The fraction of sp³-hybridized carbons (Fsp3) is 0.321. The van der Waals surface area contributed by atoms with Crippen LogP contribution in [-0.2, 0) is 16.1 Å². The van der Waals surface area contributed by atoms with Gasteiger partial charge in [0.15, 0.2) is 17.2 Å². The molecule has 0 spiro atoms. The first kappa shape index (κ1) is 25.0. The van der Waals surface area contributed by atoms with Crippen LogP contribution < -0.4 is 5.48 Å². The summed E-state index contributed by atoms with van der Waals surface area (Å²) in [6, 6.07) is 17.2. The highest BCUT2D eigenvalue weighted by Gasteiger charge is 2.25. The van der Waals surface area contributed by atoms with Crippen molar-refractivity contribution in [2.24, 2.45) is 5.92 Å². The summed E-state index contributed by atoms with van der Waals surface area (Å²) >= 11 is 0. The van der Waals surface area contributed by atoms with E-state index < -0.39 is 11.9 Å². The van der Waals surface area contributed by atoms with Gasteiger partial charge >= 0.3 is 11.9 Å². The van der Waals surface area contributed by atoms with Gasteiger partial charge in [-0.05, 0) is 50.0 Å². The van der Waals surface area contributed by atoms with Crippen LogP contribution in [0.1, 0.15) is 82.0 Å². The lowest BCUT2D eigenvalue weighted by Gasteiger charge is -2.28. The summed E-state index contributed by atoms with van der Waals surface area (Å²) < 4.78 is 0. The van der Waals surface area contributed by atoms with Gasteiger partial charge in [0.2, 0.25) is 0 Å². The highest BCUT2D eigenvalue weighted by Crippen LogP contribution is 2.37. The predicted molar refractivity (Wildman–Crippen MR) is 132 cm³/mol. The first-order chi connectivity index (χ1) is 17.3. The molecular weight excluding hydrogens is 458 g/mol. The minimum atomic E-state index is -0.799. The van der Waals surface area contributed by atoms with Gasteiger partial charge in [-0.2, -0.15) is 5.48 Å². The fourth-order valence-corrected chi connectivity index (χ4v) is 4.66. The fourth-order valence-electron chi connectivity index (χ4n) is 4.66. The summed E-state index contributed by atoms with van der Waals surface area (Å²) in [4.78, 5) is 49.0. The van der Waals surface area contributed by atoms with Crippen molar-refractivity contribution >= 4 is 17.7 Å². The Morgan fingerprint density at radius 2 is 1.58 bits per heavy atom. The summed E-state index contributed by atoms with van der Waals surface area (Å²) in [5.41, 5.74) is 4.68. The number of amides is 1. The van der Waals surface area contributed by atoms with E-state index in [2.05, 4.69) is 26.9 Å². The van der Waals surface area contributed by atoms with Crippen molar-refractivity contribution in [3.8, 4) is 5.75 Å². The van der Waals surface area contributed by atoms with Crippen LogP contribution in [0.2, 0.25) is 0 Å². The molecule has 1 fully saturated rings. The van der Waals surface area contributed by atoms with Crippen LogP contribution in [0.25, 0.3) is 0 Å². The van der Waals surface area contributed by atoms with Gasteiger partial charge in [0.05, 0.1) is 5.69 Å². The molecule has 3 aromatic rings. The lowest BCUT2D eigenvalue weighted by Crippen LogP contribution is -2.27. The summed E-state index contributed by atoms with van der Waals surface area (Å²) in [5, 5.41) is 10.2. The van der Waals surface area contributed by atoms with Crippen molar-refractivity contribution < 1.29 is 24.3 Å². The number of carbonyl (C=O) groups excluding carboxylic acids is 3. The number of aromatic hydroxyl groups is 1. The van der Waals surface area contributed by atoms with E-state index in [1.54, 1.807) is 6.92 Å². The van der Waals surface area contributed by atoms with Gasteiger partial charge in [0.1, 0.15) is 5.82 Å². The van der Waals surface area contributed by atoms with E-state index in [0.717, 1.165) is 32.6 Å². The molecule has 1 heterocycles. The normalized spacial score (nSPS) is 17.3. The van der Waals surface area contributed by atoms with Crippen molar-refractivity contribution in [1.29, 1.82) is 0 Å². The molecule has 8 nitrogen and oxygen atoms in total. The molecule has 1 aliphatic rings. The summed E-state index contributed by atoms with van der Waals surface area (Å²) in [6.07, 6.45) is 4.56. The third kappa shape index (κ3) is 5.94. The van der Waals surface area contributed by atoms with Gasteiger partial charge in [-0.3, -0.25) is 14.4 Å². The number of hydroxylamine groups is 1. The zero-order chi connectivity index (χ0) is 25.7. The number of aryl methyl sites for hydroxylation is 1. The lowest BCUT2D eigenvalue weighted by molar-refractivity contribution is -0.146. The minimum Gasteiger partial charge on any atom is -0.504 e. The maximum atomic E-state index is 12.7. The molecule has 1 aromatic heterocycles. The van der Waals surface area contributed by atoms with Gasteiger partial charge in [-0.1, -0.05) is 54.6 Å². The van der Waals surface area contributed by atoms with Crippen LogP contribution in [0, 0.1) is 12.8 Å². The van der Waals surface area contributed by atoms with E-state index in [-0.39, 0.29) is 17.2 Å². The molecule has 0 unspecified atom stereocenters. The Morgan fingerprint density at radius 1 is 0.944 bits per heavy atom. The molecular formula is C28H29N3O5. The van der Waals surface area contributed by atoms with E-state index in [4.69, 9.17) is 0 Å². The third-order valence-electron chi connectivity index (χ3n) is 6.61. The molecule has 36 heavy (non-hydrogen) atoms. The molecule has 2 N–H and O–H groups in total. The first-order valence-electron chi connectivity index (χ1n) is 12.1. The van der Waals surface area contributed by atoms with Gasteiger partial charge < -0.3 is 9.94 Å². The van der Waals surface area contributed by atoms with Crippen molar-refractivity contribution in [3.63, 3.8) is 0 Å².